The predicted molar refractivity (Wildman–Crippen MR) is 161 cm³/mol. The molecule has 0 bridgehead atoms. The summed E-state index contributed by atoms with van der Waals surface area (Å²) in [6.07, 6.45) is 26.8. The van der Waals surface area contributed by atoms with Gasteiger partial charge >= 0.3 is 0 Å². The van der Waals surface area contributed by atoms with Crippen LogP contribution in [-0.2, 0) is 20.9 Å². The fraction of sp³-hybridized carbons (Fsp3) is 0.812. The van der Waals surface area contributed by atoms with E-state index in [0.29, 0.717) is 24.7 Å². The molecule has 0 N–H and O–H groups in total. The largest absolute Gasteiger partial charge is 0.493 e. The Balaban J connectivity index is 2.33. The van der Waals surface area contributed by atoms with Crippen LogP contribution in [0.3, 0.4) is 0 Å². The van der Waals surface area contributed by atoms with Gasteiger partial charge in [0.05, 0.1) is 26.1 Å². The molecular formula is C32H58O5S. The molecule has 0 atom stereocenters. The lowest BCUT2D eigenvalue weighted by molar-refractivity contribution is 0.283. The second kappa shape index (κ2) is 23.6. The van der Waals surface area contributed by atoms with Crippen LogP contribution in [0, 0.1) is 0 Å². The Labute approximate surface area is 235 Å². The molecule has 1 aromatic carbocycles. The zero-order chi connectivity index (χ0) is 27.7. The molecule has 38 heavy (non-hydrogen) atoms. The summed E-state index contributed by atoms with van der Waals surface area (Å²) in [7, 11) is -3.51. The lowest BCUT2D eigenvalue weighted by Gasteiger charge is -2.13. The van der Waals surface area contributed by atoms with Gasteiger partial charge in [0.25, 0.3) is 10.1 Å². The topological polar surface area (TPSA) is 61.8 Å². The molecule has 222 valence electrons. The third-order valence-electron chi connectivity index (χ3n) is 6.91. The molecule has 1 rings (SSSR count). The molecule has 0 aliphatic heterocycles. The fourth-order valence-electron chi connectivity index (χ4n) is 4.61. The van der Waals surface area contributed by atoms with Crippen molar-refractivity contribution in [2.24, 2.45) is 0 Å². The van der Waals surface area contributed by atoms with E-state index in [-0.39, 0.29) is 6.61 Å². The average Bonchev–Trinajstić information content (AvgIpc) is 2.89. The lowest BCUT2D eigenvalue weighted by atomic mass is 10.1. The van der Waals surface area contributed by atoms with Crippen LogP contribution >= 0.6 is 0 Å². The first kappa shape index (κ1) is 34.8. The average molecular weight is 555 g/mol. The van der Waals surface area contributed by atoms with Gasteiger partial charge in [-0.3, -0.25) is 4.18 Å². The monoisotopic (exact) mass is 554 g/mol. The molecule has 6 heteroatoms. The number of ether oxygens (including phenoxy) is 2. The maximum Gasteiger partial charge on any atom is 0.264 e. The molecule has 0 saturated carbocycles. The Kier molecular flexibility index (Phi) is 21.6. The Morgan fingerprint density at radius 2 is 0.868 bits per heavy atom. The van der Waals surface area contributed by atoms with E-state index >= 15 is 0 Å². The van der Waals surface area contributed by atoms with Crippen LogP contribution < -0.4 is 9.47 Å². The van der Waals surface area contributed by atoms with E-state index in [4.69, 9.17) is 13.7 Å². The Morgan fingerprint density at radius 1 is 0.526 bits per heavy atom. The minimum absolute atomic E-state index is 0.0110. The second-order valence-corrected chi connectivity index (χ2v) is 12.5. The first-order valence-corrected chi connectivity index (χ1v) is 17.5. The van der Waals surface area contributed by atoms with E-state index in [1.165, 1.54) is 116 Å². The van der Waals surface area contributed by atoms with Gasteiger partial charge in [0.2, 0.25) is 0 Å². The van der Waals surface area contributed by atoms with Crippen molar-refractivity contribution < 1.29 is 22.1 Å². The summed E-state index contributed by atoms with van der Waals surface area (Å²) in [4.78, 5) is 0. The molecule has 0 heterocycles. The highest BCUT2D eigenvalue weighted by atomic mass is 32.2. The third-order valence-corrected chi connectivity index (χ3v) is 7.46. The molecule has 0 amide bonds. The fourth-order valence-corrected chi connectivity index (χ4v) is 4.96. The molecule has 0 radical (unpaired) electrons. The third kappa shape index (κ3) is 21.6. The molecule has 1 aromatic rings. The summed E-state index contributed by atoms with van der Waals surface area (Å²) in [5.41, 5.74) is 0.745. The van der Waals surface area contributed by atoms with Crippen molar-refractivity contribution in [1.82, 2.24) is 0 Å². The lowest BCUT2D eigenvalue weighted by Crippen LogP contribution is -2.05. The molecular weight excluding hydrogens is 496 g/mol. The maximum atomic E-state index is 11.5. The molecule has 0 aliphatic carbocycles. The van der Waals surface area contributed by atoms with Crippen molar-refractivity contribution in [2.45, 2.75) is 149 Å². The van der Waals surface area contributed by atoms with Crippen molar-refractivity contribution in [2.75, 3.05) is 19.5 Å². The van der Waals surface area contributed by atoms with Gasteiger partial charge in [-0.05, 0) is 30.5 Å². The normalized spacial score (nSPS) is 11.7. The van der Waals surface area contributed by atoms with Gasteiger partial charge in [0, 0.05) is 6.07 Å². The number of benzene rings is 1. The summed E-state index contributed by atoms with van der Waals surface area (Å²) >= 11 is 0. The highest BCUT2D eigenvalue weighted by Crippen LogP contribution is 2.25. The molecule has 0 unspecified atom stereocenters. The van der Waals surface area contributed by atoms with Crippen molar-refractivity contribution in [3.05, 3.63) is 23.8 Å². The van der Waals surface area contributed by atoms with Gasteiger partial charge in [-0.1, -0.05) is 129 Å². The standard InChI is InChI=1S/C32H58O5S/c1-4-6-8-10-12-14-16-18-20-22-24-35-31-26-30(29-37-38(3,33)34)27-32(28-31)36-25-23-21-19-17-15-13-11-9-7-5-2/h26-28H,4-25,29H2,1-3H3. The van der Waals surface area contributed by atoms with Crippen LogP contribution in [0.4, 0.5) is 0 Å². The van der Waals surface area contributed by atoms with Gasteiger partial charge < -0.3 is 9.47 Å². The quantitative estimate of drug-likeness (QED) is 0.0800. The van der Waals surface area contributed by atoms with Crippen LogP contribution in [0.1, 0.15) is 148 Å². The van der Waals surface area contributed by atoms with Gasteiger partial charge in [-0.2, -0.15) is 8.42 Å². The number of hydrogen-bond donors (Lipinski definition) is 0. The summed E-state index contributed by atoms with van der Waals surface area (Å²) in [6.45, 7) is 5.82. The van der Waals surface area contributed by atoms with Crippen LogP contribution in [0.2, 0.25) is 0 Å². The maximum absolute atomic E-state index is 11.5. The smallest absolute Gasteiger partial charge is 0.264 e. The van der Waals surface area contributed by atoms with Gasteiger partial charge in [0.15, 0.2) is 0 Å². The van der Waals surface area contributed by atoms with E-state index in [0.717, 1.165) is 24.7 Å². The first-order valence-electron chi connectivity index (χ1n) is 15.7. The SMILES string of the molecule is CCCCCCCCCCCCOc1cc(COS(C)(=O)=O)cc(OCCCCCCCCCCCC)c1. The van der Waals surface area contributed by atoms with Crippen LogP contribution in [0.15, 0.2) is 18.2 Å². The Hall–Kier alpha value is -1.27. The van der Waals surface area contributed by atoms with E-state index in [9.17, 15) is 8.42 Å². The highest BCUT2D eigenvalue weighted by Gasteiger charge is 2.08. The molecule has 0 aromatic heterocycles. The number of rotatable bonds is 27. The van der Waals surface area contributed by atoms with E-state index in [1.54, 1.807) is 0 Å². The van der Waals surface area contributed by atoms with Crippen LogP contribution in [0.25, 0.3) is 0 Å². The molecule has 5 nitrogen and oxygen atoms in total. The highest BCUT2D eigenvalue weighted by molar-refractivity contribution is 7.85. The summed E-state index contributed by atoms with van der Waals surface area (Å²) in [5.74, 6) is 1.43. The van der Waals surface area contributed by atoms with Crippen molar-refractivity contribution in [1.29, 1.82) is 0 Å². The molecule has 0 fully saturated rings. The first-order chi connectivity index (χ1) is 18.4. The van der Waals surface area contributed by atoms with Gasteiger partial charge in [-0.25, -0.2) is 0 Å². The zero-order valence-corrected chi connectivity index (χ0v) is 25.8. The van der Waals surface area contributed by atoms with E-state index in [1.807, 2.05) is 18.2 Å². The van der Waals surface area contributed by atoms with Gasteiger partial charge in [-0.15, -0.1) is 0 Å². The van der Waals surface area contributed by atoms with Gasteiger partial charge in [0.1, 0.15) is 11.5 Å². The molecule has 0 aliphatic rings. The summed E-state index contributed by atoms with van der Waals surface area (Å²) in [5, 5.41) is 0. The predicted octanol–water partition coefficient (Wildman–Crippen LogP) is 9.76. The molecule has 0 spiro atoms. The second-order valence-electron chi connectivity index (χ2n) is 10.8. The van der Waals surface area contributed by atoms with Crippen molar-refractivity contribution in [3.8, 4) is 11.5 Å². The zero-order valence-electron chi connectivity index (χ0n) is 24.9. The van der Waals surface area contributed by atoms with Crippen molar-refractivity contribution >= 4 is 10.1 Å². The summed E-state index contributed by atoms with van der Waals surface area (Å²) < 4.78 is 40.0. The Bertz CT molecular complexity index is 734. The Morgan fingerprint density at radius 3 is 1.21 bits per heavy atom. The van der Waals surface area contributed by atoms with E-state index < -0.39 is 10.1 Å². The van der Waals surface area contributed by atoms with E-state index in [2.05, 4.69) is 13.8 Å². The van der Waals surface area contributed by atoms with Crippen molar-refractivity contribution in [3.63, 3.8) is 0 Å². The minimum Gasteiger partial charge on any atom is -0.493 e. The van der Waals surface area contributed by atoms with Crippen LogP contribution in [-0.4, -0.2) is 27.9 Å². The number of unbranched alkanes of at least 4 members (excludes halogenated alkanes) is 18. The minimum atomic E-state index is -3.51. The molecule has 0 saturated heterocycles. The number of hydrogen-bond acceptors (Lipinski definition) is 5. The summed E-state index contributed by atoms with van der Waals surface area (Å²) in [6, 6.07) is 5.63. The van der Waals surface area contributed by atoms with Crippen LogP contribution in [0.5, 0.6) is 11.5 Å².